The first-order chi connectivity index (χ1) is 13.6. The number of esters is 1. The zero-order valence-electron chi connectivity index (χ0n) is 15.1. The Morgan fingerprint density at radius 3 is 2.68 bits per heavy atom. The number of nitrogens with one attached hydrogen (secondary N) is 2. The van der Waals surface area contributed by atoms with Gasteiger partial charge in [0.1, 0.15) is 10.7 Å². The van der Waals surface area contributed by atoms with Crippen molar-refractivity contribution < 1.29 is 14.3 Å². The predicted octanol–water partition coefficient (Wildman–Crippen LogP) is 4.72. The average Bonchev–Trinajstić information content (AvgIpc) is 3.35. The second-order valence-electron chi connectivity index (χ2n) is 6.06. The Morgan fingerprint density at radius 1 is 1.14 bits per heavy atom. The lowest BCUT2D eigenvalue weighted by Gasteiger charge is -2.05. The van der Waals surface area contributed by atoms with Crippen LogP contribution in [0.2, 0.25) is 0 Å². The molecule has 0 saturated heterocycles. The molecule has 2 aromatic carbocycles. The minimum atomic E-state index is -0.386. The molecule has 1 amide bonds. The van der Waals surface area contributed by atoms with E-state index in [0.29, 0.717) is 23.6 Å². The van der Waals surface area contributed by atoms with E-state index in [1.807, 2.05) is 30.3 Å². The highest BCUT2D eigenvalue weighted by atomic mass is 32.1. The fraction of sp³-hybridized carbons (Fsp3) is 0.0952. The number of carbonyl (C=O) groups is 2. The van der Waals surface area contributed by atoms with Crippen LogP contribution in [0, 0.1) is 0 Å². The predicted molar refractivity (Wildman–Crippen MR) is 110 cm³/mol. The van der Waals surface area contributed by atoms with Gasteiger partial charge in [-0.25, -0.2) is 9.78 Å². The van der Waals surface area contributed by atoms with E-state index in [4.69, 9.17) is 4.74 Å². The normalized spacial score (nSPS) is 10.8. The standard InChI is InChI=1S/C21H17N3O3S/c1-2-27-21(26)13-7-9-15(10-8-13)22-19(25)18-12-28-20(24-18)17-11-14-5-3-4-6-16(14)23-17/h3-12,23H,2H2,1H3,(H,22,25). The molecule has 2 aromatic heterocycles. The summed E-state index contributed by atoms with van der Waals surface area (Å²) in [5.41, 5.74) is 3.27. The van der Waals surface area contributed by atoms with Gasteiger partial charge in [-0.1, -0.05) is 18.2 Å². The first-order valence-electron chi connectivity index (χ1n) is 8.76. The molecule has 2 heterocycles. The third kappa shape index (κ3) is 3.65. The van der Waals surface area contributed by atoms with Gasteiger partial charge in [-0.15, -0.1) is 11.3 Å². The molecular formula is C21H17N3O3S. The molecule has 0 aliphatic heterocycles. The molecule has 6 nitrogen and oxygen atoms in total. The second-order valence-corrected chi connectivity index (χ2v) is 6.92. The minimum absolute atomic E-state index is 0.303. The van der Waals surface area contributed by atoms with Crippen LogP contribution in [-0.4, -0.2) is 28.5 Å². The fourth-order valence-electron chi connectivity index (χ4n) is 2.79. The molecular weight excluding hydrogens is 374 g/mol. The summed E-state index contributed by atoms with van der Waals surface area (Å²) in [6.45, 7) is 2.07. The number of carbonyl (C=O) groups excluding carboxylic acids is 2. The molecule has 0 saturated carbocycles. The van der Waals surface area contributed by atoms with Gasteiger partial charge in [-0.05, 0) is 43.3 Å². The Morgan fingerprint density at radius 2 is 1.93 bits per heavy atom. The molecule has 140 valence electrons. The van der Waals surface area contributed by atoms with Crippen LogP contribution < -0.4 is 5.32 Å². The van der Waals surface area contributed by atoms with E-state index >= 15 is 0 Å². The number of hydrogen-bond acceptors (Lipinski definition) is 5. The van der Waals surface area contributed by atoms with E-state index < -0.39 is 0 Å². The number of ether oxygens (including phenoxy) is 1. The molecule has 4 rings (SSSR count). The van der Waals surface area contributed by atoms with Crippen LogP contribution >= 0.6 is 11.3 Å². The molecule has 0 bridgehead atoms. The van der Waals surface area contributed by atoms with Gasteiger partial charge in [-0.3, -0.25) is 4.79 Å². The second kappa shape index (κ2) is 7.66. The SMILES string of the molecule is CCOC(=O)c1ccc(NC(=O)c2csc(-c3cc4ccccc4[nH]3)n2)cc1. The van der Waals surface area contributed by atoms with Crippen LogP contribution in [0.1, 0.15) is 27.8 Å². The van der Waals surface area contributed by atoms with Gasteiger partial charge < -0.3 is 15.0 Å². The first kappa shape index (κ1) is 17.9. The maximum absolute atomic E-state index is 12.5. The third-order valence-electron chi connectivity index (χ3n) is 4.15. The van der Waals surface area contributed by atoms with E-state index in [1.165, 1.54) is 11.3 Å². The summed E-state index contributed by atoms with van der Waals surface area (Å²) >= 11 is 1.40. The Labute approximate surface area is 165 Å². The summed E-state index contributed by atoms with van der Waals surface area (Å²) < 4.78 is 4.95. The van der Waals surface area contributed by atoms with Crippen molar-refractivity contribution in [1.82, 2.24) is 9.97 Å². The van der Waals surface area contributed by atoms with Crippen molar-refractivity contribution in [3.8, 4) is 10.7 Å². The lowest BCUT2D eigenvalue weighted by atomic mass is 10.2. The van der Waals surface area contributed by atoms with Gasteiger partial charge in [0, 0.05) is 22.0 Å². The van der Waals surface area contributed by atoms with Gasteiger partial charge >= 0.3 is 5.97 Å². The largest absolute Gasteiger partial charge is 0.462 e. The zero-order valence-corrected chi connectivity index (χ0v) is 15.9. The van der Waals surface area contributed by atoms with E-state index in [0.717, 1.165) is 21.6 Å². The molecule has 0 atom stereocenters. The van der Waals surface area contributed by atoms with Crippen molar-refractivity contribution in [3.63, 3.8) is 0 Å². The number of benzene rings is 2. The fourth-order valence-corrected chi connectivity index (χ4v) is 3.56. The monoisotopic (exact) mass is 391 g/mol. The number of para-hydroxylation sites is 1. The van der Waals surface area contributed by atoms with E-state index in [1.54, 1.807) is 36.6 Å². The van der Waals surface area contributed by atoms with E-state index in [2.05, 4.69) is 15.3 Å². The Hall–Kier alpha value is -3.45. The van der Waals surface area contributed by atoms with Crippen molar-refractivity contribution in [2.75, 3.05) is 11.9 Å². The van der Waals surface area contributed by atoms with Crippen LogP contribution in [0.25, 0.3) is 21.6 Å². The average molecular weight is 391 g/mol. The van der Waals surface area contributed by atoms with Crippen LogP contribution in [0.4, 0.5) is 5.69 Å². The highest BCUT2D eigenvalue weighted by Gasteiger charge is 2.14. The summed E-state index contributed by atoms with van der Waals surface area (Å²) in [5, 5.41) is 6.36. The molecule has 0 unspecified atom stereocenters. The Kier molecular flexibility index (Phi) is 4.90. The zero-order chi connectivity index (χ0) is 19.5. The number of aromatic amines is 1. The Bertz CT molecular complexity index is 1110. The molecule has 0 radical (unpaired) electrons. The van der Waals surface area contributed by atoms with Gasteiger partial charge in [-0.2, -0.15) is 0 Å². The summed E-state index contributed by atoms with van der Waals surface area (Å²) in [5.74, 6) is -0.689. The maximum Gasteiger partial charge on any atom is 0.338 e. The van der Waals surface area contributed by atoms with Crippen molar-refractivity contribution in [2.24, 2.45) is 0 Å². The van der Waals surface area contributed by atoms with Gasteiger partial charge in [0.25, 0.3) is 5.91 Å². The number of nitrogens with zero attached hydrogens (tertiary/aromatic N) is 1. The lowest BCUT2D eigenvalue weighted by molar-refractivity contribution is 0.0526. The topological polar surface area (TPSA) is 84.1 Å². The van der Waals surface area contributed by atoms with E-state index in [9.17, 15) is 9.59 Å². The van der Waals surface area contributed by atoms with E-state index in [-0.39, 0.29) is 11.9 Å². The number of anilines is 1. The minimum Gasteiger partial charge on any atom is -0.462 e. The number of rotatable bonds is 5. The molecule has 0 aliphatic rings. The number of thiazole rings is 1. The summed E-state index contributed by atoms with van der Waals surface area (Å²) in [6.07, 6.45) is 0. The number of amides is 1. The van der Waals surface area contributed by atoms with Gasteiger partial charge in [0.2, 0.25) is 0 Å². The lowest BCUT2D eigenvalue weighted by Crippen LogP contribution is -2.12. The van der Waals surface area contributed by atoms with Crippen LogP contribution in [-0.2, 0) is 4.74 Å². The van der Waals surface area contributed by atoms with Crippen LogP contribution in [0.3, 0.4) is 0 Å². The van der Waals surface area contributed by atoms with Gasteiger partial charge in [0.05, 0.1) is 17.9 Å². The first-order valence-corrected chi connectivity index (χ1v) is 9.64. The maximum atomic E-state index is 12.5. The number of hydrogen-bond donors (Lipinski definition) is 2. The van der Waals surface area contributed by atoms with Crippen LogP contribution in [0.5, 0.6) is 0 Å². The van der Waals surface area contributed by atoms with Crippen molar-refractivity contribution in [3.05, 3.63) is 71.2 Å². The van der Waals surface area contributed by atoms with Gasteiger partial charge in [0.15, 0.2) is 0 Å². The molecule has 28 heavy (non-hydrogen) atoms. The highest BCUT2D eigenvalue weighted by molar-refractivity contribution is 7.13. The number of H-pyrrole nitrogens is 1. The molecule has 0 fully saturated rings. The molecule has 2 N–H and O–H groups in total. The van der Waals surface area contributed by atoms with Crippen molar-refractivity contribution >= 4 is 39.8 Å². The molecule has 4 aromatic rings. The summed E-state index contributed by atoms with van der Waals surface area (Å²) in [7, 11) is 0. The van der Waals surface area contributed by atoms with Crippen molar-refractivity contribution in [1.29, 1.82) is 0 Å². The summed E-state index contributed by atoms with van der Waals surface area (Å²) in [4.78, 5) is 31.9. The van der Waals surface area contributed by atoms with Crippen LogP contribution in [0.15, 0.2) is 60.0 Å². The molecule has 0 spiro atoms. The third-order valence-corrected chi connectivity index (χ3v) is 5.03. The quantitative estimate of drug-likeness (QED) is 0.482. The molecule has 7 heteroatoms. The smallest absolute Gasteiger partial charge is 0.338 e. The van der Waals surface area contributed by atoms with Crippen molar-refractivity contribution in [2.45, 2.75) is 6.92 Å². The number of aromatic nitrogens is 2. The highest BCUT2D eigenvalue weighted by Crippen LogP contribution is 2.27. The molecule has 0 aliphatic carbocycles. The Balaban J connectivity index is 1.48. The number of fused-ring (bicyclic) bond motifs is 1. The summed E-state index contributed by atoms with van der Waals surface area (Å²) in [6, 6.07) is 16.5.